The Morgan fingerprint density at radius 2 is 2.14 bits per heavy atom. The predicted molar refractivity (Wildman–Crippen MR) is 116 cm³/mol. The molecule has 6 nitrogen and oxygen atoms in total. The molecule has 2 N–H and O–H groups in total. The Bertz CT molecular complexity index is 597. The lowest BCUT2D eigenvalue weighted by Crippen LogP contribution is -2.41. The van der Waals surface area contributed by atoms with Gasteiger partial charge in [-0.3, -0.25) is 9.89 Å². The third-order valence-electron chi connectivity index (χ3n) is 5.15. The van der Waals surface area contributed by atoms with Crippen molar-refractivity contribution < 1.29 is 9.47 Å². The molecule has 0 spiro atoms. The van der Waals surface area contributed by atoms with E-state index < -0.39 is 0 Å². The quantitative estimate of drug-likeness (QED) is 0.335. The van der Waals surface area contributed by atoms with Crippen LogP contribution in [0.25, 0.3) is 0 Å². The highest BCUT2D eigenvalue weighted by atomic mass is 32.1. The van der Waals surface area contributed by atoms with E-state index in [1.165, 1.54) is 22.6 Å². The summed E-state index contributed by atoms with van der Waals surface area (Å²) >= 11 is 1.88. The summed E-state index contributed by atoms with van der Waals surface area (Å²) in [6, 6.07) is 4.79. The Morgan fingerprint density at radius 1 is 1.32 bits per heavy atom. The molecular weight excluding hydrogens is 372 g/mol. The van der Waals surface area contributed by atoms with Crippen molar-refractivity contribution in [2.24, 2.45) is 10.9 Å². The van der Waals surface area contributed by atoms with E-state index >= 15 is 0 Å². The predicted octanol–water partition coefficient (Wildman–Crippen LogP) is 2.80. The van der Waals surface area contributed by atoms with Crippen molar-refractivity contribution in [2.45, 2.75) is 39.2 Å². The van der Waals surface area contributed by atoms with Gasteiger partial charge < -0.3 is 20.1 Å². The molecule has 1 unspecified atom stereocenters. The van der Waals surface area contributed by atoms with Crippen LogP contribution in [0.3, 0.4) is 0 Å². The van der Waals surface area contributed by atoms with Crippen LogP contribution in [0.2, 0.25) is 0 Å². The summed E-state index contributed by atoms with van der Waals surface area (Å²) in [5.41, 5.74) is 0. The molecule has 1 saturated carbocycles. The van der Waals surface area contributed by atoms with Crippen LogP contribution in [0.15, 0.2) is 17.1 Å². The molecule has 0 amide bonds. The zero-order chi connectivity index (χ0) is 19.6. The molecule has 0 radical (unpaired) electrons. The third kappa shape index (κ3) is 7.35. The zero-order valence-corrected chi connectivity index (χ0v) is 18.2. The molecule has 3 rings (SSSR count). The molecule has 2 heterocycles. The Morgan fingerprint density at radius 3 is 2.82 bits per heavy atom. The molecule has 1 aliphatic heterocycles. The summed E-state index contributed by atoms with van der Waals surface area (Å²) in [6.07, 6.45) is 3.71. The Balaban J connectivity index is 1.50. The highest BCUT2D eigenvalue weighted by molar-refractivity contribution is 7.12. The fourth-order valence-corrected chi connectivity index (χ4v) is 4.35. The van der Waals surface area contributed by atoms with E-state index in [-0.39, 0.29) is 0 Å². The molecular formula is C21H36N4O2S. The highest BCUT2D eigenvalue weighted by Gasteiger charge is 2.24. The second-order valence-corrected chi connectivity index (χ2v) is 8.95. The van der Waals surface area contributed by atoms with Crippen LogP contribution in [-0.4, -0.2) is 70.0 Å². The van der Waals surface area contributed by atoms with E-state index in [1.807, 2.05) is 11.3 Å². The Labute approximate surface area is 173 Å². The number of nitrogens with one attached hydrogen (secondary N) is 2. The van der Waals surface area contributed by atoms with Crippen LogP contribution in [0.5, 0.6) is 0 Å². The number of morpholine rings is 1. The summed E-state index contributed by atoms with van der Waals surface area (Å²) in [5.74, 6) is 1.74. The van der Waals surface area contributed by atoms with Crippen LogP contribution in [0, 0.1) is 12.8 Å². The number of ether oxygens (including phenoxy) is 2. The molecule has 1 aromatic rings. The van der Waals surface area contributed by atoms with Crippen molar-refractivity contribution in [3.63, 3.8) is 0 Å². The van der Waals surface area contributed by atoms with Gasteiger partial charge >= 0.3 is 0 Å². The van der Waals surface area contributed by atoms with Crippen molar-refractivity contribution >= 4 is 17.3 Å². The first-order chi connectivity index (χ1) is 13.8. The van der Waals surface area contributed by atoms with Crippen molar-refractivity contribution in [1.29, 1.82) is 0 Å². The number of thiophene rings is 1. The minimum Gasteiger partial charge on any atom is -0.381 e. The molecule has 2 fully saturated rings. The highest BCUT2D eigenvalue weighted by Crippen LogP contribution is 2.29. The third-order valence-corrected chi connectivity index (χ3v) is 6.25. The fourth-order valence-electron chi connectivity index (χ4n) is 3.34. The average molecular weight is 409 g/mol. The molecule has 2 aliphatic rings. The lowest BCUT2D eigenvalue weighted by Gasteiger charge is -2.33. The normalized spacial score (nSPS) is 19.6. The number of guanidine groups is 1. The van der Waals surface area contributed by atoms with E-state index in [1.54, 1.807) is 0 Å². The van der Waals surface area contributed by atoms with Crippen LogP contribution in [-0.2, 0) is 9.47 Å². The standard InChI is InChI=1S/C21H36N4O2S/c1-3-22-21(23-9-4-12-27-16-18-6-7-18)24-15-19(20-8-5-17(2)28-20)25-10-13-26-14-11-25/h5,8,18-19H,3-4,6-7,9-16H2,1-2H3,(H2,22,23,24). The van der Waals surface area contributed by atoms with E-state index in [0.717, 1.165) is 77.4 Å². The van der Waals surface area contributed by atoms with Gasteiger partial charge in [0.2, 0.25) is 0 Å². The summed E-state index contributed by atoms with van der Waals surface area (Å²) in [6.45, 7) is 12.1. The number of hydrogen-bond donors (Lipinski definition) is 2. The van der Waals surface area contributed by atoms with Crippen molar-refractivity contribution in [1.82, 2.24) is 15.5 Å². The van der Waals surface area contributed by atoms with Gasteiger partial charge in [-0.2, -0.15) is 0 Å². The van der Waals surface area contributed by atoms with Crippen molar-refractivity contribution in [2.75, 3.05) is 59.2 Å². The summed E-state index contributed by atoms with van der Waals surface area (Å²) < 4.78 is 11.3. The average Bonchev–Trinajstić information content (AvgIpc) is 3.44. The molecule has 1 aliphatic carbocycles. The number of rotatable bonds is 11. The fraction of sp³-hybridized carbons (Fsp3) is 0.762. The van der Waals surface area contributed by atoms with Gasteiger partial charge in [-0.1, -0.05) is 0 Å². The number of aryl methyl sites for hydroxylation is 1. The van der Waals surface area contributed by atoms with Crippen LogP contribution in [0.1, 0.15) is 42.0 Å². The monoisotopic (exact) mass is 408 g/mol. The van der Waals surface area contributed by atoms with E-state index in [2.05, 4.69) is 41.5 Å². The number of hydrogen-bond acceptors (Lipinski definition) is 5. The second kappa shape index (κ2) is 11.8. The lowest BCUT2D eigenvalue weighted by atomic mass is 10.2. The molecule has 28 heavy (non-hydrogen) atoms. The van der Waals surface area contributed by atoms with Crippen LogP contribution >= 0.6 is 11.3 Å². The smallest absolute Gasteiger partial charge is 0.191 e. The Kier molecular flexibility index (Phi) is 9.05. The van der Waals surface area contributed by atoms with Gasteiger partial charge in [-0.15, -0.1) is 11.3 Å². The van der Waals surface area contributed by atoms with E-state index in [9.17, 15) is 0 Å². The maximum absolute atomic E-state index is 5.72. The van der Waals surface area contributed by atoms with E-state index in [0.29, 0.717) is 6.04 Å². The van der Waals surface area contributed by atoms with Gasteiger partial charge in [0.1, 0.15) is 0 Å². The molecule has 1 saturated heterocycles. The Hall–Kier alpha value is -1.15. The maximum Gasteiger partial charge on any atom is 0.191 e. The van der Waals surface area contributed by atoms with Gasteiger partial charge in [0.15, 0.2) is 5.96 Å². The first-order valence-electron chi connectivity index (χ1n) is 10.7. The van der Waals surface area contributed by atoms with Gasteiger partial charge in [-0.25, -0.2) is 0 Å². The molecule has 7 heteroatoms. The van der Waals surface area contributed by atoms with Crippen LogP contribution in [0.4, 0.5) is 0 Å². The van der Waals surface area contributed by atoms with Gasteiger partial charge in [0.05, 0.1) is 25.8 Å². The number of aliphatic imine (C=N–C) groups is 1. The second-order valence-electron chi connectivity index (χ2n) is 7.63. The molecule has 0 bridgehead atoms. The first-order valence-corrected chi connectivity index (χ1v) is 11.6. The van der Waals surface area contributed by atoms with Crippen molar-refractivity contribution in [3.8, 4) is 0 Å². The molecule has 158 valence electrons. The van der Waals surface area contributed by atoms with Gasteiger partial charge in [-0.05, 0) is 51.2 Å². The minimum atomic E-state index is 0.319. The molecule has 1 aromatic heterocycles. The summed E-state index contributed by atoms with van der Waals surface area (Å²) in [4.78, 5) is 10.2. The van der Waals surface area contributed by atoms with Gasteiger partial charge in [0, 0.05) is 49.1 Å². The van der Waals surface area contributed by atoms with Gasteiger partial charge in [0.25, 0.3) is 0 Å². The molecule has 1 atom stereocenters. The maximum atomic E-state index is 5.72. The van der Waals surface area contributed by atoms with Crippen molar-refractivity contribution in [3.05, 3.63) is 21.9 Å². The molecule has 0 aromatic carbocycles. The summed E-state index contributed by atoms with van der Waals surface area (Å²) in [5, 5.41) is 6.83. The summed E-state index contributed by atoms with van der Waals surface area (Å²) in [7, 11) is 0. The van der Waals surface area contributed by atoms with Crippen LogP contribution < -0.4 is 10.6 Å². The lowest BCUT2D eigenvalue weighted by molar-refractivity contribution is 0.0186. The largest absolute Gasteiger partial charge is 0.381 e. The SMILES string of the molecule is CCNC(=NCC(c1ccc(C)s1)N1CCOCC1)NCCCOCC1CC1. The van der Waals surface area contributed by atoms with E-state index in [4.69, 9.17) is 14.5 Å². The first kappa shape index (κ1) is 21.6. The number of nitrogens with zero attached hydrogens (tertiary/aromatic N) is 2. The zero-order valence-electron chi connectivity index (χ0n) is 17.4. The topological polar surface area (TPSA) is 58.1 Å². The minimum absolute atomic E-state index is 0.319.